The van der Waals surface area contributed by atoms with Gasteiger partial charge in [0.05, 0.1) is 26.4 Å². The Balaban J connectivity index is 1.65. The van der Waals surface area contributed by atoms with E-state index in [1.54, 1.807) is 12.1 Å². The zero-order valence-electron chi connectivity index (χ0n) is 18.8. The topological polar surface area (TPSA) is 90.6 Å². The van der Waals surface area contributed by atoms with Crippen molar-refractivity contribution in [2.75, 3.05) is 50.2 Å². The van der Waals surface area contributed by atoms with E-state index in [0.29, 0.717) is 55.8 Å². The van der Waals surface area contributed by atoms with Crippen LogP contribution in [0.4, 0.5) is 11.5 Å². The van der Waals surface area contributed by atoms with Gasteiger partial charge in [-0.2, -0.15) is 0 Å². The molecule has 0 bridgehead atoms. The minimum Gasteiger partial charge on any atom is -0.399 e. The second-order valence-electron chi connectivity index (χ2n) is 8.57. The average Bonchev–Trinajstić information content (AvgIpc) is 2.90. The molecule has 2 fully saturated rings. The SMILES string of the molecule is Nc1ccc(-c2nc(N3CCOCC3)cc(C3([SH+](=O)c4ccc(Cl)cc4)CCOCC3)n2)cc1. The molecule has 2 N–H and O–H groups in total. The van der Waals surface area contributed by atoms with Gasteiger partial charge in [0.15, 0.2) is 15.5 Å². The van der Waals surface area contributed by atoms with Crippen molar-refractivity contribution in [3.63, 3.8) is 0 Å². The highest BCUT2D eigenvalue weighted by atomic mass is 35.5. The first kappa shape index (κ1) is 23.2. The Morgan fingerprint density at radius 2 is 1.56 bits per heavy atom. The molecular formula is C25H28ClN4O3S+. The van der Waals surface area contributed by atoms with Crippen LogP contribution in [0.2, 0.25) is 5.02 Å². The van der Waals surface area contributed by atoms with Crippen molar-refractivity contribution in [1.82, 2.24) is 9.97 Å². The van der Waals surface area contributed by atoms with Crippen LogP contribution < -0.4 is 10.6 Å². The van der Waals surface area contributed by atoms with Crippen molar-refractivity contribution < 1.29 is 13.7 Å². The lowest BCUT2D eigenvalue weighted by Gasteiger charge is -2.33. The third kappa shape index (κ3) is 4.68. The first-order chi connectivity index (χ1) is 16.5. The molecule has 5 rings (SSSR count). The van der Waals surface area contributed by atoms with E-state index < -0.39 is 15.5 Å². The van der Waals surface area contributed by atoms with Crippen molar-refractivity contribution >= 4 is 33.9 Å². The minimum atomic E-state index is -1.83. The summed E-state index contributed by atoms with van der Waals surface area (Å²) in [6.07, 6.45) is 1.23. The highest BCUT2D eigenvalue weighted by Crippen LogP contribution is 2.42. The van der Waals surface area contributed by atoms with E-state index >= 15 is 0 Å². The molecule has 3 heterocycles. The smallest absolute Gasteiger partial charge is 0.181 e. The predicted octanol–water partition coefficient (Wildman–Crippen LogP) is 3.98. The van der Waals surface area contributed by atoms with E-state index in [2.05, 4.69) is 4.90 Å². The fraction of sp³-hybridized carbons (Fsp3) is 0.360. The summed E-state index contributed by atoms with van der Waals surface area (Å²) >= 11 is 6.10. The van der Waals surface area contributed by atoms with Gasteiger partial charge in [-0.3, -0.25) is 0 Å². The summed E-state index contributed by atoms with van der Waals surface area (Å²) in [7, 11) is -1.83. The summed E-state index contributed by atoms with van der Waals surface area (Å²) in [6, 6.07) is 16.8. The third-order valence-electron chi connectivity index (χ3n) is 6.46. The number of hydrogen-bond acceptors (Lipinski definition) is 7. The Hall–Kier alpha value is -2.52. The third-order valence-corrected chi connectivity index (χ3v) is 8.94. The van der Waals surface area contributed by atoms with Gasteiger partial charge in [-0.05, 0) is 48.5 Å². The van der Waals surface area contributed by atoms with Crippen LogP contribution in [0.5, 0.6) is 0 Å². The van der Waals surface area contributed by atoms with E-state index in [1.807, 2.05) is 42.5 Å². The van der Waals surface area contributed by atoms with Crippen molar-refractivity contribution in [3.05, 3.63) is 65.3 Å². The number of nitrogens with two attached hydrogens (primary N) is 1. The van der Waals surface area contributed by atoms with Gasteiger partial charge in [-0.1, -0.05) is 11.6 Å². The van der Waals surface area contributed by atoms with Gasteiger partial charge < -0.3 is 20.1 Å². The molecule has 0 amide bonds. The maximum absolute atomic E-state index is 14.2. The highest BCUT2D eigenvalue weighted by molar-refractivity contribution is 7.86. The van der Waals surface area contributed by atoms with Crippen LogP contribution in [0.15, 0.2) is 59.5 Å². The summed E-state index contributed by atoms with van der Waals surface area (Å²) in [4.78, 5) is 12.9. The van der Waals surface area contributed by atoms with Gasteiger partial charge in [0.2, 0.25) is 0 Å². The maximum Gasteiger partial charge on any atom is 0.181 e. The van der Waals surface area contributed by atoms with Crippen molar-refractivity contribution in [2.45, 2.75) is 22.5 Å². The molecule has 7 nitrogen and oxygen atoms in total. The quantitative estimate of drug-likeness (QED) is 0.322. The second-order valence-corrected chi connectivity index (χ2v) is 11.0. The summed E-state index contributed by atoms with van der Waals surface area (Å²) in [5.41, 5.74) is 8.25. The fourth-order valence-electron chi connectivity index (χ4n) is 4.48. The van der Waals surface area contributed by atoms with E-state index in [4.69, 9.17) is 36.8 Å². The molecule has 2 aliphatic heterocycles. The molecule has 2 aromatic carbocycles. The van der Waals surface area contributed by atoms with Gasteiger partial charge in [-0.15, -0.1) is 4.21 Å². The molecule has 0 saturated carbocycles. The monoisotopic (exact) mass is 499 g/mol. The predicted molar refractivity (Wildman–Crippen MR) is 136 cm³/mol. The second kappa shape index (κ2) is 10.00. The Labute approximate surface area is 206 Å². The molecule has 1 aromatic heterocycles. The van der Waals surface area contributed by atoms with Crippen LogP contribution in [0.25, 0.3) is 11.4 Å². The normalized spacial score (nSPS) is 19.0. The van der Waals surface area contributed by atoms with E-state index in [-0.39, 0.29) is 0 Å². The number of benzene rings is 2. The lowest BCUT2D eigenvalue weighted by atomic mass is 9.94. The van der Waals surface area contributed by atoms with E-state index in [0.717, 1.165) is 35.1 Å². The standard InChI is InChI=1S/C25H27ClN4O3S/c26-19-3-7-21(8-4-19)34(31)25(9-13-32-14-10-25)22-17-23(30-11-15-33-16-12-30)29-24(28-22)18-1-5-20(27)6-2-18/h1-8,17H,9-16,27H2/p+1. The number of nitrogen functional groups attached to an aromatic ring is 1. The fourth-order valence-corrected chi connectivity index (χ4v) is 6.44. The molecule has 3 aromatic rings. The molecule has 178 valence electrons. The van der Waals surface area contributed by atoms with Crippen LogP contribution in [0, 0.1) is 0 Å². The maximum atomic E-state index is 14.2. The van der Waals surface area contributed by atoms with Gasteiger partial charge in [-0.25, -0.2) is 9.97 Å². The van der Waals surface area contributed by atoms with Crippen LogP contribution in [0.3, 0.4) is 0 Å². The van der Waals surface area contributed by atoms with E-state index in [9.17, 15) is 4.21 Å². The molecule has 0 spiro atoms. The highest BCUT2D eigenvalue weighted by Gasteiger charge is 2.48. The summed E-state index contributed by atoms with van der Waals surface area (Å²) < 4.78 is 24.7. The lowest BCUT2D eigenvalue weighted by molar-refractivity contribution is 0.0742. The number of rotatable bonds is 5. The number of thiol groups is 1. The number of halogens is 1. The lowest BCUT2D eigenvalue weighted by Crippen LogP contribution is -2.40. The zero-order chi connectivity index (χ0) is 23.5. The summed E-state index contributed by atoms with van der Waals surface area (Å²) in [5, 5.41) is 0.621. The summed E-state index contributed by atoms with van der Waals surface area (Å²) in [6.45, 7) is 3.85. The number of anilines is 2. The van der Waals surface area contributed by atoms with Crippen LogP contribution >= 0.6 is 11.6 Å². The van der Waals surface area contributed by atoms with Gasteiger partial charge >= 0.3 is 0 Å². The number of hydrogen-bond donors (Lipinski definition) is 1. The number of ether oxygens (including phenoxy) is 2. The molecule has 1 atom stereocenters. The Bertz CT molecular complexity index is 1160. The van der Waals surface area contributed by atoms with Crippen LogP contribution in [-0.2, 0) is 29.2 Å². The van der Waals surface area contributed by atoms with Crippen molar-refractivity contribution in [3.8, 4) is 11.4 Å². The van der Waals surface area contributed by atoms with Gasteiger partial charge in [0, 0.05) is 48.3 Å². The average molecular weight is 500 g/mol. The number of aromatic nitrogens is 2. The Morgan fingerprint density at radius 3 is 2.24 bits per heavy atom. The molecule has 0 radical (unpaired) electrons. The zero-order valence-corrected chi connectivity index (χ0v) is 20.5. The summed E-state index contributed by atoms with van der Waals surface area (Å²) in [5.74, 6) is 1.43. The molecule has 0 aliphatic carbocycles. The molecular weight excluding hydrogens is 472 g/mol. The number of nitrogens with zero attached hydrogens (tertiary/aromatic N) is 3. The number of morpholine rings is 1. The first-order valence-corrected chi connectivity index (χ1v) is 13.1. The minimum absolute atomic E-state index is 0.531. The van der Waals surface area contributed by atoms with Crippen LogP contribution in [0.1, 0.15) is 18.5 Å². The molecule has 1 unspecified atom stereocenters. The van der Waals surface area contributed by atoms with Crippen molar-refractivity contribution in [1.29, 1.82) is 0 Å². The molecule has 2 aliphatic rings. The molecule has 9 heteroatoms. The molecule has 34 heavy (non-hydrogen) atoms. The van der Waals surface area contributed by atoms with E-state index in [1.165, 1.54) is 0 Å². The largest absolute Gasteiger partial charge is 0.399 e. The Morgan fingerprint density at radius 1 is 0.912 bits per heavy atom. The first-order valence-electron chi connectivity index (χ1n) is 11.4. The van der Waals surface area contributed by atoms with Crippen LogP contribution in [-0.4, -0.2) is 49.5 Å². The Kier molecular flexibility index (Phi) is 6.83. The van der Waals surface area contributed by atoms with Crippen molar-refractivity contribution in [2.24, 2.45) is 0 Å². The van der Waals surface area contributed by atoms with Gasteiger partial charge in [0.1, 0.15) is 22.3 Å². The molecule has 2 saturated heterocycles. The van der Waals surface area contributed by atoms with Gasteiger partial charge in [0.25, 0.3) is 0 Å².